The number of ether oxygens (including phenoxy) is 1. The van der Waals surface area contributed by atoms with Gasteiger partial charge in [0.1, 0.15) is 11.6 Å². The number of hydrogen-bond acceptors (Lipinski definition) is 5. The van der Waals surface area contributed by atoms with E-state index in [1.54, 1.807) is 42.7 Å². The van der Waals surface area contributed by atoms with Crippen LogP contribution in [0.1, 0.15) is 10.6 Å². The number of nitrogens with zero attached hydrogens (tertiary/aromatic N) is 3. The van der Waals surface area contributed by atoms with E-state index in [2.05, 4.69) is 15.2 Å². The SMILES string of the molecule is COc1ccoc1C(=O)N(c1ccccn1)c1ccn[nH]1. The smallest absolute Gasteiger partial charge is 0.304 e. The van der Waals surface area contributed by atoms with Gasteiger partial charge >= 0.3 is 5.91 Å². The van der Waals surface area contributed by atoms with E-state index in [0.29, 0.717) is 17.4 Å². The van der Waals surface area contributed by atoms with Crippen LogP contribution in [0.15, 0.2) is 53.4 Å². The maximum atomic E-state index is 12.7. The van der Waals surface area contributed by atoms with Crippen LogP contribution in [0.3, 0.4) is 0 Å². The number of furan rings is 1. The van der Waals surface area contributed by atoms with E-state index in [1.165, 1.54) is 18.3 Å². The Morgan fingerprint density at radius 3 is 2.86 bits per heavy atom. The second-order valence-corrected chi connectivity index (χ2v) is 4.09. The van der Waals surface area contributed by atoms with E-state index in [-0.39, 0.29) is 5.76 Å². The number of rotatable bonds is 4. The predicted octanol–water partition coefficient (Wildman–Crippen LogP) is 2.38. The van der Waals surface area contributed by atoms with Crippen molar-refractivity contribution in [2.24, 2.45) is 0 Å². The Morgan fingerprint density at radius 2 is 2.19 bits per heavy atom. The highest BCUT2D eigenvalue weighted by molar-refractivity contribution is 6.09. The Labute approximate surface area is 120 Å². The molecule has 0 saturated heterocycles. The summed E-state index contributed by atoms with van der Waals surface area (Å²) in [4.78, 5) is 18.3. The average molecular weight is 284 g/mol. The minimum absolute atomic E-state index is 0.0951. The van der Waals surface area contributed by atoms with Crippen molar-refractivity contribution in [1.29, 1.82) is 0 Å². The van der Waals surface area contributed by atoms with Crippen molar-refractivity contribution in [3.63, 3.8) is 0 Å². The van der Waals surface area contributed by atoms with Crippen LogP contribution in [0.4, 0.5) is 11.6 Å². The fourth-order valence-electron chi connectivity index (χ4n) is 1.91. The largest absolute Gasteiger partial charge is 0.493 e. The molecule has 0 aliphatic carbocycles. The molecule has 106 valence electrons. The van der Waals surface area contributed by atoms with Gasteiger partial charge in [-0.2, -0.15) is 5.10 Å². The number of aromatic amines is 1. The van der Waals surface area contributed by atoms with Crippen LogP contribution in [-0.4, -0.2) is 28.2 Å². The molecule has 7 nitrogen and oxygen atoms in total. The summed E-state index contributed by atoms with van der Waals surface area (Å²) in [6.07, 6.45) is 4.55. The Hall–Kier alpha value is -3.09. The van der Waals surface area contributed by atoms with Crippen molar-refractivity contribution >= 4 is 17.5 Å². The maximum Gasteiger partial charge on any atom is 0.304 e. The molecular formula is C14H12N4O3. The first-order valence-corrected chi connectivity index (χ1v) is 6.17. The minimum atomic E-state index is -0.403. The van der Waals surface area contributed by atoms with Crippen molar-refractivity contribution in [2.45, 2.75) is 0 Å². The lowest BCUT2D eigenvalue weighted by molar-refractivity contribution is 0.0967. The summed E-state index contributed by atoms with van der Waals surface area (Å²) in [5.74, 6) is 0.986. The Bertz CT molecular complexity index is 722. The number of pyridine rings is 1. The summed E-state index contributed by atoms with van der Waals surface area (Å²) in [5.41, 5.74) is 0. The van der Waals surface area contributed by atoms with Gasteiger partial charge in [0.25, 0.3) is 0 Å². The first-order chi connectivity index (χ1) is 10.3. The molecule has 21 heavy (non-hydrogen) atoms. The quantitative estimate of drug-likeness (QED) is 0.795. The van der Waals surface area contributed by atoms with Crippen LogP contribution < -0.4 is 9.64 Å². The summed E-state index contributed by atoms with van der Waals surface area (Å²) in [5, 5.41) is 6.62. The number of H-pyrrole nitrogens is 1. The zero-order valence-corrected chi connectivity index (χ0v) is 11.2. The van der Waals surface area contributed by atoms with Gasteiger partial charge in [-0.05, 0) is 12.1 Å². The Morgan fingerprint density at radius 1 is 1.29 bits per heavy atom. The third-order valence-corrected chi connectivity index (χ3v) is 2.85. The normalized spacial score (nSPS) is 10.3. The molecule has 0 unspecified atom stereocenters. The molecule has 0 spiro atoms. The molecule has 3 aromatic heterocycles. The average Bonchev–Trinajstić information content (AvgIpc) is 3.19. The topological polar surface area (TPSA) is 84.2 Å². The lowest BCUT2D eigenvalue weighted by Gasteiger charge is -2.18. The summed E-state index contributed by atoms with van der Waals surface area (Å²) in [7, 11) is 1.48. The highest BCUT2D eigenvalue weighted by Gasteiger charge is 2.27. The van der Waals surface area contributed by atoms with E-state index in [9.17, 15) is 4.79 Å². The lowest BCUT2D eigenvalue weighted by Crippen LogP contribution is -2.27. The third kappa shape index (κ3) is 2.36. The fourth-order valence-corrected chi connectivity index (χ4v) is 1.91. The highest BCUT2D eigenvalue weighted by atomic mass is 16.5. The third-order valence-electron chi connectivity index (χ3n) is 2.85. The summed E-state index contributed by atoms with van der Waals surface area (Å²) in [6.45, 7) is 0. The van der Waals surface area contributed by atoms with Crippen molar-refractivity contribution in [1.82, 2.24) is 15.2 Å². The number of hydrogen-bond donors (Lipinski definition) is 1. The second kappa shape index (κ2) is 5.49. The number of anilines is 2. The van der Waals surface area contributed by atoms with Gasteiger partial charge in [-0.3, -0.25) is 9.89 Å². The van der Waals surface area contributed by atoms with Crippen LogP contribution in [0.25, 0.3) is 0 Å². The van der Waals surface area contributed by atoms with Crippen molar-refractivity contribution in [3.05, 3.63) is 54.7 Å². The van der Waals surface area contributed by atoms with Crippen molar-refractivity contribution in [3.8, 4) is 5.75 Å². The molecule has 0 aliphatic heterocycles. The maximum absolute atomic E-state index is 12.7. The summed E-state index contributed by atoms with van der Waals surface area (Å²) >= 11 is 0. The van der Waals surface area contributed by atoms with Gasteiger partial charge in [-0.25, -0.2) is 9.88 Å². The molecule has 0 radical (unpaired) electrons. The first kappa shape index (κ1) is 12.9. The van der Waals surface area contributed by atoms with Gasteiger partial charge < -0.3 is 9.15 Å². The standard InChI is InChI=1S/C14H12N4O3/c1-20-10-6-9-21-13(10)14(19)18(12-5-8-16-17-12)11-4-2-3-7-15-11/h2-9H,1H3,(H,16,17). The van der Waals surface area contributed by atoms with Crippen LogP contribution in [0.2, 0.25) is 0 Å². The molecule has 1 amide bonds. The molecule has 0 atom stereocenters. The van der Waals surface area contributed by atoms with Crippen LogP contribution in [0.5, 0.6) is 5.75 Å². The molecule has 0 aromatic carbocycles. The monoisotopic (exact) mass is 284 g/mol. The van der Waals surface area contributed by atoms with E-state index >= 15 is 0 Å². The molecule has 0 bridgehead atoms. The predicted molar refractivity (Wildman–Crippen MR) is 74.6 cm³/mol. The van der Waals surface area contributed by atoms with Crippen LogP contribution in [-0.2, 0) is 0 Å². The molecule has 3 rings (SSSR count). The summed E-state index contributed by atoms with van der Waals surface area (Å²) < 4.78 is 10.4. The van der Waals surface area contributed by atoms with Gasteiger partial charge in [0, 0.05) is 18.3 Å². The fraction of sp³-hybridized carbons (Fsp3) is 0.0714. The van der Waals surface area contributed by atoms with Gasteiger partial charge in [0.15, 0.2) is 5.75 Å². The zero-order valence-electron chi connectivity index (χ0n) is 11.2. The molecule has 0 aliphatic rings. The van der Waals surface area contributed by atoms with Gasteiger partial charge in [0.2, 0.25) is 5.76 Å². The van der Waals surface area contributed by atoms with Crippen molar-refractivity contribution < 1.29 is 13.9 Å². The molecular weight excluding hydrogens is 272 g/mol. The van der Waals surface area contributed by atoms with Gasteiger partial charge in [0.05, 0.1) is 19.6 Å². The molecule has 3 aromatic rings. The van der Waals surface area contributed by atoms with E-state index in [0.717, 1.165) is 0 Å². The summed E-state index contributed by atoms with van der Waals surface area (Å²) in [6, 6.07) is 8.53. The molecule has 0 fully saturated rings. The van der Waals surface area contributed by atoms with Gasteiger partial charge in [-0.15, -0.1) is 0 Å². The Balaban J connectivity index is 2.06. The Kier molecular flexibility index (Phi) is 3.38. The number of amides is 1. The first-order valence-electron chi connectivity index (χ1n) is 6.17. The zero-order chi connectivity index (χ0) is 14.7. The van der Waals surface area contributed by atoms with E-state index < -0.39 is 5.91 Å². The molecule has 1 N–H and O–H groups in total. The molecule has 7 heteroatoms. The number of nitrogens with one attached hydrogen (secondary N) is 1. The number of carbonyl (C=O) groups is 1. The molecule has 0 saturated carbocycles. The van der Waals surface area contributed by atoms with Crippen LogP contribution in [0, 0.1) is 0 Å². The van der Waals surface area contributed by atoms with Crippen molar-refractivity contribution in [2.75, 3.05) is 12.0 Å². The van der Waals surface area contributed by atoms with Gasteiger partial charge in [-0.1, -0.05) is 6.07 Å². The number of carbonyl (C=O) groups excluding carboxylic acids is 1. The minimum Gasteiger partial charge on any atom is -0.493 e. The second-order valence-electron chi connectivity index (χ2n) is 4.09. The highest BCUT2D eigenvalue weighted by Crippen LogP contribution is 2.27. The van der Waals surface area contributed by atoms with E-state index in [4.69, 9.17) is 9.15 Å². The molecule has 3 heterocycles. The van der Waals surface area contributed by atoms with E-state index in [1.807, 2.05) is 0 Å². The number of aromatic nitrogens is 3. The lowest BCUT2D eigenvalue weighted by atomic mass is 10.3. The van der Waals surface area contributed by atoms with Crippen LogP contribution >= 0.6 is 0 Å². The number of methoxy groups -OCH3 is 1.